The van der Waals surface area contributed by atoms with Crippen molar-refractivity contribution in [2.75, 3.05) is 20.3 Å². The first kappa shape index (κ1) is 21.5. The fourth-order valence-electron chi connectivity index (χ4n) is 2.09. The Kier molecular flexibility index (Phi) is 8.68. The lowest BCUT2D eigenvalue weighted by atomic mass is 10.1. The largest absolute Gasteiger partial charge is 0.493 e. The summed E-state index contributed by atoms with van der Waals surface area (Å²) in [6.45, 7) is 8.34. The molecule has 0 aliphatic rings. The minimum atomic E-state index is -0.337. The van der Waals surface area contributed by atoms with Crippen molar-refractivity contribution in [1.82, 2.24) is 10.6 Å². The van der Waals surface area contributed by atoms with Gasteiger partial charge in [-0.3, -0.25) is 9.59 Å². The summed E-state index contributed by atoms with van der Waals surface area (Å²) in [7, 11) is 1.58. The molecule has 1 aromatic carbocycles. The fourth-order valence-corrected chi connectivity index (χ4v) is 2.09. The Morgan fingerprint density at radius 3 is 2.54 bits per heavy atom. The number of rotatable bonds is 9. The monoisotopic (exact) mass is 362 g/mol. The maximum absolute atomic E-state index is 11.8. The smallest absolute Gasteiger partial charge is 0.244 e. The molecule has 0 aromatic heterocycles. The van der Waals surface area contributed by atoms with Crippen molar-refractivity contribution in [2.24, 2.45) is 0 Å². The third-order valence-corrected chi connectivity index (χ3v) is 3.31. The summed E-state index contributed by atoms with van der Waals surface area (Å²) < 4.78 is 11.0. The van der Waals surface area contributed by atoms with Gasteiger partial charge in [0.2, 0.25) is 11.8 Å². The third kappa shape index (κ3) is 8.55. The first-order chi connectivity index (χ1) is 12.2. The van der Waals surface area contributed by atoms with Gasteiger partial charge in [0.25, 0.3) is 0 Å². The number of hydrogen-bond acceptors (Lipinski definition) is 4. The van der Waals surface area contributed by atoms with Gasteiger partial charge in [0.15, 0.2) is 11.5 Å². The molecule has 6 nitrogen and oxygen atoms in total. The summed E-state index contributed by atoms with van der Waals surface area (Å²) in [5, 5.41) is 5.34. The molecule has 0 unspecified atom stereocenters. The minimum Gasteiger partial charge on any atom is -0.493 e. The number of benzene rings is 1. The lowest BCUT2D eigenvalue weighted by Gasteiger charge is -2.20. The second-order valence-electron chi connectivity index (χ2n) is 6.96. The van der Waals surface area contributed by atoms with Crippen LogP contribution in [0.3, 0.4) is 0 Å². The van der Waals surface area contributed by atoms with E-state index in [2.05, 4.69) is 17.6 Å². The average Bonchev–Trinajstić information content (AvgIpc) is 2.57. The van der Waals surface area contributed by atoms with Crippen LogP contribution in [0.25, 0.3) is 6.08 Å². The van der Waals surface area contributed by atoms with Crippen LogP contribution in [-0.2, 0) is 9.59 Å². The zero-order valence-electron chi connectivity index (χ0n) is 16.3. The van der Waals surface area contributed by atoms with Gasteiger partial charge in [-0.25, -0.2) is 0 Å². The standard InChI is InChI=1S/C20H30N2O4/c1-6-7-12-26-16-10-8-15(13-17(16)25-5)9-11-18(23)21-14-19(24)22-20(2,3)4/h8-11,13H,6-7,12,14H2,1-5H3,(H,21,23)(H,22,24)/b11-9+. The van der Waals surface area contributed by atoms with E-state index in [0.29, 0.717) is 18.1 Å². The summed E-state index contributed by atoms with van der Waals surface area (Å²) in [5.74, 6) is 0.736. The number of hydrogen-bond donors (Lipinski definition) is 2. The van der Waals surface area contributed by atoms with Crippen LogP contribution >= 0.6 is 0 Å². The molecule has 0 spiro atoms. The predicted molar refractivity (Wildman–Crippen MR) is 103 cm³/mol. The summed E-state index contributed by atoms with van der Waals surface area (Å²) in [6, 6.07) is 5.47. The number of amides is 2. The molecule has 6 heteroatoms. The molecule has 0 radical (unpaired) electrons. The van der Waals surface area contributed by atoms with Gasteiger partial charge in [0, 0.05) is 11.6 Å². The topological polar surface area (TPSA) is 76.7 Å². The molecule has 0 aliphatic heterocycles. The highest BCUT2D eigenvalue weighted by Crippen LogP contribution is 2.28. The van der Waals surface area contributed by atoms with Crippen LogP contribution < -0.4 is 20.1 Å². The minimum absolute atomic E-state index is 0.0615. The number of ether oxygens (including phenoxy) is 2. The molecule has 0 aliphatic carbocycles. The fraction of sp³-hybridized carbons (Fsp3) is 0.500. The van der Waals surface area contributed by atoms with E-state index < -0.39 is 0 Å². The second-order valence-corrected chi connectivity index (χ2v) is 6.96. The van der Waals surface area contributed by atoms with E-state index in [9.17, 15) is 9.59 Å². The maximum atomic E-state index is 11.8. The van der Waals surface area contributed by atoms with E-state index in [0.717, 1.165) is 18.4 Å². The van der Waals surface area contributed by atoms with Gasteiger partial charge in [-0.1, -0.05) is 19.4 Å². The average molecular weight is 362 g/mol. The molecular formula is C20H30N2O4. The second kappa shape index (κ2) is 10.5. The van der Waals surface area contributed by atoms with E-state index >= 15 is 0 Å². The van der Waals surface area contributed by atoms with Crippen LogP contribution in [0.1, 0.15) is 46.1 Å². The van der Waals surface area contributed by atoms with Gasteiger partial charge >= 0.3 is 0 Å². The lowest BCUT2D eigenvalue weighted by molar-refractivity contribution is -0.124. The Labute approximate surface area is 156 Å². The number of methoxy groups -OCH3 is 1. The van der Waals surface area contributed by atoms with Crippen molar-refractivity contribution in [3.05, 3.63) is 29.8 Å². The first-order valence-electron chi connectivity index (χ1n) is 8.83. The number of nitrogens with one attached hydrogen (secondary N) is 2. The predicted octanol–water partition coefficient (Wildman–Crippen LogP) is 2.92. The molecule has 0 saturated carbocycles. The van der Waals surface area contributed by atoms with Crippen molar-refractivity contribution >= 4 is 17.9 Å². The summed E-state index contributed by atoms with van der Waals surface area (Å²) in [4.78, 5) is 23.5. The van der Waals surface area contributed by atoms with Crippen LogP contribution in [0.5, 0.6) is 11.5 Å². The highest BCUT2D eigenvalue weighted by Gasteiger charge is 2.13. The van der Waals surface area contributed by atoms with Crippen LogP contribution in [0.15, 0.2) is 24.3 Å². The normalized spacial score (nSPS) is 11.3. The number of unbranched alkanes of at least 4 members (excludes halogenated alkanes) is 1. The Morgan fingerprint density at radius 1 is 1.19 bits per heavy atom. The lowest BCUT2D eigenvalue weighted by Crippen LogP contribution is -2.45. The molecule has 0 atom stereocenters. The molecule has 26 heavy (non-hydrogen) atoms. The molecule has 2 amide bonds. The van der Waals surface area contributed by atoms with Gasteiger partial charge in [-0.05, 0) is 51.0 Å². The maximum Gasteiger partial charge on any atom is 0.244 e. The molecule has 0 saturated heterocycles. The van der Waals surface area contributed by atoms with E-state index in [1.165, 1.54) is 6.08 Å². The van der Waals surface area contributed by atoms with Crippen molar-refractivity contribution < 1.29 is 19.1 Å². The van der Waals surface area contributed by atoms with Crippen LogP contribution in [0, 0.1) is 0 Å². The van der Waals surface area contributed by atoms with Crippen LogP contribution in [0.2, 0.25) is 0 Å². The van der Waals surface area contributed by atoms with Crippen molar-refractivity contribution in [3.8, 4) is 11.5 Å². The van der Waals surface area contributed by atoms with Gasteiger partial charge in [-0.2, -0.15) is 0 Å². The summed E-state index contributed by atoms with van der Waals surface area (Å²) in [6.07, 6.45) is 5.09. The van der Waals surface area contributed by atoms with Crippen molar-refractivity contribution in [3.63, 3.8) is 0 Å². The Morgan fingerprint density at radius 2 is 1.92 bits per heavy atom. The molecule has 0 heterocycles. The molecule has 144 valence electrons. The Bertz CT molecular complexity index is 633. The Balaban J connectivity index is 2.58. The van der Waals surface area contributed by atoms with Crippen LogP contribution in [0.4, 0.5) is 0 Å². The first-order valence-corrected chi connectivity index (χ1v) is 8.83. The summed E-state index contributed by atoms with van der Waals surface area (Å²) in [5.41, 5.74) is 0.480. The van der Waals surface area contributed by atoms with Gasteiger partial charge in [0.05, 0.1) is 20.3 Å². The number of carbonyl (C=O) groups excluding carboxylic acids is 2. The third-order valence-electron chi connectivity index (χ3n) is 3.31. The molecule has 0 bridgehead atoms. The zero-order valence-corrected chi connectivity index (χ0v) is 16.3. The van der Waals surface area contributed by atoms with Crippen molar-refractivity contribution in [2.45, 2.75) is 46.1 Å². The van der Waals surface area contributed by atoms with Crippen molar-refractivity contribution in [1.29, 1.82) is 0 Å². The van der Waals surface area contributed by atoms with E-state index in [1.807, 2.05) is 32.9 Å². The quantitative estimate of drug-likeness (QED) is 0.523. The number of carbonyl (C=O) groups is 2. The Hall–Kier alpha value is -2.50. The van der Waals surface area contributed by atoms with E-state index in [-0.39, 0.29) is 23.9 Å². The van der Waals surface area contributed by atoms with E-state index in [1.54, 1.807) is 19.3 Å². The molecular weight excluding hydrogens is 332 g/mol. The molecule has 1 aromatic rings. The zero-order chi connectivity index (χ0) is 19.6. The molecule has 2 N–H and O–H groups in total. The molecule has 0 fully saturated rings. The molecule has 1 rings (SSSR count). The van der Waals surface area contributed by atoms with E-state index in [4.69, 9.17) is 9.47 Å². The summed E-state index contributed by atoms with van der Waals surface area (Å²) >= 11 is 0. The highest BCUT2D eigenvalue weighted by molar-refractivity contribution is 5.94. The van der Waals surface area contributed by atoms with Gasteiger partial charge in [0.1, 0.15) is 0 Å². The highest BCUT2D eigenvalue weighted by atomic mass is 16.5. The SMILES string of the molecule is CCCCOc1ccc(/C=C/C(=O)NCC(=O)NC(C)(C)C)cc1OC. The van der Waals surface area contributed by atoms with Gasteiger partial charge < -0.3 is 20.1 Å². The van der Waals surface area contributed by atoms with Crippen LogP contribution in [-0.4, -0.2) is 37.6 Å². The van der Waals surface area contributed by atoms with Gasteiger partial charge in [-0.15, -0.1) is 0 Å².